The smallest absolute Gasteiger partial charge is 0.207 e. The summed E-state index contributed by atoms with van der Waals surface area (Å²) in [7, 11) is 0. The molecule has 0 spiro atoms. The molecule has 16 heavy (non-hydrogen) atoms. The molecule has 0 unspecified atom stereocenters. The van der Waals surface area contributed by atoms with E-state index in [1.165, 1.54) is 0 Å². The SMILES string of the molecule is CC[C@@H]1CC[C@]2(O)O[C@H]3CC(=O)[C@@]2(O)[C@@H]1O3. The monoisotopic (exact) mass is 228 g/mol. The fourth-order valence-corrected chi connectivity index (χ4v) is 3.24. The van der Waals surface area contributed by atoms with Crippen LogP contribution in [-0.4, -0.2) is 39.8 Å². The molecule has 3 heterocycles. The number of rotatable bonds is 1. The summed E-state index contributed by atoms with van der Waals surface area (Å²) in [6.45, 7) is 2.00. The Morgan fingerprint density at radius 3 is 2.94 bits per heavy atom. The summed E-state index contributed by atoms with van der Waals surface area (Å²) in [5.74, 6) is -1.97. The van der Waals surface area contributed by atoms with Crippen LogP contribution in [0, 0.1) is 5.92 Å². The highest BCUT2D eigenvalue weighted by Crippen LogP contribution is 2.52. The number of hydrogen-bond donors (Lipinski definition) is 2. The fourth-order valence-electron chi connectivity index (χ4n) is 3.24. The van der Waals surface area contributed by atoms with E-state index in [0.29, 0.717) is 12.8 Å². The van der Waals surface area contributed by atoms with Crippen molar-refractivity contribution in [2.75, 3.05) is 0 Å². The number of ether oxygens (including phenoxy) is 2. The van der Waals surface area contributed by atoms with E-state index in [-0.39, 0.29) is 18.1 Å². The van der Waals surface area contributed by atoms with Crippen LogP contribution >= 0.6 is 0 Å². The zero-order chi connectivity index (χ0) is 11.6. The molecule has 3 aliphatic heterocycles. The van der Waals surface area contributed by atoms with E-state index in [9.17, 15) is 15.0 Å². The molecule has 5 atom stereocenters. The van der Waals surface area contributed by atoms with Gasteiger partial charge in [-0.1, -0.05) is 13.3 Å². The summed E-state index contributed by atoms with van der Waals surface area (Å²) in [6, 6.07) is 0. The van der Waals surface area contributed by atoms with Crippen molar-refractivity contribution in [3.05, 3.63) is 0 Å². The Morgan fingerprint density at radius 2 is 2.25 bits per heavy atom. The van der Waals surface area contributed by atoms with Crippen LogP contribution in [0.2, 0.25) is 0 Å². The van der Waals surface area contributed by atoms with Gasteiger partial charge in [-0.3, -0.25) is 4.79 Å². The van der Waals surface area contributed by atoms with Crippen molar-refractivity contribution < 1.29 is 24.5 Å². The minimum absolute atomic E-state index is 0.0335. The summed E-state index contributed by atoms with van der Waals surface area (Å²) < 4.78 is 10.8. The number of carbonyl (C=O) groups excluding carboxylic acids is 1. The van der Waals surface area contributed by atoms with Crippen LogP contribution in [0.4, 0.5) is 0 Å². The first kappa shape index (κ1) is 10.7. The lowest BCUT2D eigenvalue weighted by atomic mass is 9.65. The second-order valence-corrected chi connectivity index (χ2v) is 4.99. The van der Waals surface area contributed by atoms with Crippen LogP contribution < -0.4 is 0 Å². The van der Waals surface area contributed by atoms with Crippen LogP contribution in [0.15, 0.2) is 0 Å². The van der Waals surface area contributed by atoms with E-state index in [1.54, 1.807) is 0 Å². The molecule has 0 aromatic carbocycles. The molecule has 0 aromatic rings. The molecular formula is C11H16O5. The van der Waals surface area contributed by atoms with Gasteiger partial charge in [0.25, 0.3) is 0 Å². The van der Waals surface area contributed by atoms with Crippen LogP contribution in [0.5, 0.6) is 0 Å². The molecule has 4 rings (SSSR count). The maximum Gasteiger partial charge on any atom is 0.207 e. The van der Waals surface area contributed by atoms with Gasteiger partial charge in [0.15, 0.2) is 12.1 Å². The van der Waals surface area contributed by atoms with Crippen LogP contribution in [0.3, 0.4) is 0 Å². The highest BCUT2D eigenvalue weighted by molar-refractivity contribution is 5.91. The molecule has 5 nitrogen and oxygen atoms in total. The highest BCUT2D eigenvalue weighted by Gasteiger charge is 2.72. The van der Waals surface area contributed by atoms with E-state index in [0.717, 1.165) is 6.42 Å². The molecule has 0 radical (unpaired) electrons. The lowest BCUT2D eigenvalue weighted by Gasteiger charge is -2.60. The predicted octanol–water partition coefficient (Wildman–Crippen LogP) is -0.0596. The minimum atomic E-state index is -1.86. The van der Waals surface area contributed by atoms with Gasteiger partial charge >= 0.3 is 0 Å². The summed E-state index contributed by atoms with van der Waals surface area (Å²) in [5, 5.41) is 20.7. The van der Waals surface area contributed by atoms with Gasteiger partial charge in [-0.15, -0.1) is 0 Å². The van der Waals surface area contributed by atoms with Gasteiger partial charge in [-0.2, -0.15) is 0 Å². The maximum absolute atomic E-state index is 11.9. The van der Waals surface area contributed by atoms with E-state index < -0.39 is 23.8 Å². The first-order valence-corrected chi connectivity index (χ1v) is 5.82. The number of hydrogen-bond acceptors (Lipinski definition) is 5. The lowest BCUT2D eigenvalue weighted by Crippen LogP contribution is -2.79. The van der Waals surface area contributed by atoms with Gasteiger partial charge in [-0.25, -0.2) is 0 Å². The highest BCUT2D eigenvalue weighted by atomic mass is 16.8. The van der Waals surface area contributed by atoms with Crippen LogP contribution in [0.25, 0.3) is 0 Å². The molecule has 90 valence electrons. The van der Waals surface area contributed by atoms with Crippen molar-refractivity contribution >= 4 is 5.78 Å². The lowest BCUT2D eigenvalue weighted by molar-refractivity contribution is -0.446. The van der Waals surface area contributed by atoms with Gasteiger partial charge in [-0.05, 0) is 12.3 Å². The fraction of sp³-hybridized carbons (Fsp3) is 0.909. The molecule has 5 heteroatoms. The molecule has 4 bridgehead atoms. The number of ketones is 1. The third-order valence-electron chi connectivity index (χ3n) is 4.22. The Bertz CT molecular complexity index is 343. The third-order valence-corrected chi connectivity index (χ3v) is 4.22. The van der Waals surface area contributed by atoms with E-state index in [4.69, 9.17) is 9.47 Å². The number of carbonyl (C=O) groups is 1. The van der Waals surface area contributed by atoms with E-state index in [1.807, 2.05) is 6.92 Å². The molecule has 0 amide bonds. The molecular weight excluding hydrogens is 212 g/mol. The van der Waals surface area contributed by atoms with E-state index in [2.05, 4.69) is 0 Å². The van der Waals surface area contributed by atoms with E-state index >= 15 is 0 Å². The third kappa shape index (κ3) is 1.02. The van der Waals surface area contributed by atoms with Gasteiger partial charge < -0.3 is 19.7 Å². The number of fused-ring (bicyclic) bond motifs is 1. The Labute approximate surface area is 93.3 Å². The second kappa shape index (κ2) is 3.04. The molecule has 0 aromatic heterocycles. The topological polar surface area (TPSA) is 76.0 Å². The van der Waals surface area contributed by atoms with Crippen molar-refractivity contribution in [3.63, 3.8) is 0 Å². The summed E-state index contributed by atoms with van der Waals surface area (Å²) in [6.07, 6.45) is 0.556. The zero-order valence-electron chi connectivity index (χ0n) is 9.18. The van der Waals surface area contributed by atoms with Crippen molar-refractivity contribution in [3.8, 4) is 0 Å². The second-order valence-electron chi connectivity index (χ2n) is 4.99. The molecule has 1 saturated carbocycles. The number of aliphatic hydroxyl groups is 2. The quantitative estimate of drug-likeness (QED) is 0.657. The molecule has 3 saturated heterocycles. The largest absolute Gasteiger partial charge is 0.375 e. The van der Waals surface area contributed by atoms with Crippen molar-refractivity contribution in [2.24, 2.45) is 5.92 Å². The van der Waals surface area contributed by atoms with Crippen molar-refractivity contribution in [2.45, 2.75) is 56.4 Å². The first-order valence-electron chi connectivity index (χ1n) is 5.82. The number of Topliss-reactive ketones (excluding diaryl/α,β-unsaturated/α-hetero) is 1. The Kier molecular flexibility index (Phi) is 2.02. The normalized spacial score (nSPS) is 55.4. The van der Waals surface area contributed by atoms with Crippen molar-refractivity contribution in [1.82, 2.24) is 0 Å². The Hall–Kier alpha value is -0.490. The average Bonchev–Trinajstić information content (AvgIpc) is 2.21. The standard InChI is InChI=1S/C11H16O5/c1-2-6-3-4-10(13)11(14)7(12)5-8(16-10)15-9(6)11/h6,8-9,13-14H,2-5H2,1H3/t6-,8+,9-,10+,11-/m1/s1. The van der Waals surface area contributed by atoms with Gasteiger partial charge in [0.05, 0.1) is 6.42 Å². The zero-order valence-corrected chi connectivity index (χ0v) is 9.18. The summed E-state index contributed by atoms with van der Waals surface area (Å²) in [5.41, 5.74) is -1.86. The van der Waals surface area contributed by atoms with Crippen LogP contribution in [0.1, 0.15) is 32.6 Å². The summed E-state index contributed by atoms with van der Waals surface area (Å²) in [4.78, 5) is 11.9. The van der Waals surface area contributed by atoms with Crippen LogP contribution in [-0.2, 0) is 14.3 Å². The average molecular weight is 228 g/mol. The molecule has 4 fully saturated rings. The van der Waals surface area contributed by atoms with Gasteiger partial charge in [0.2, 0.25) is 11.4 Å². The maximum atomic E-state index is 11.9. The first-order chi connectivity index (χ1) is 7.51. The molecule has 4 aliphatic rings. The predicted molar refractivity (Wildman–Crippen MR) is 52.3 cm³/mol. The Balaban J connectivity index is 2.07. The Morgan fingerprint density at radius 1 is 1.50 bits per heavy atom. The minimum Gasteiger partial charge on any atom is -0.375 e. The summed E-state index contributed by atoms with van der Waals surface area (Å²) >= 11 is 0. The van der Waals surface area contributed by atoms with Crippen molar-refractivity contribution in [1.29, 1.82) is 0 Å². The van der Waals surface area contributed by atoms with Gasteiger partial charge in [0, 0.05) is 6.42 Å². The molecule has 1 aliphatic carbocycles. The molecule has 2 N–H and O–H groups in total. The van der Waals surface area contributed by atoms with Gasteiger partial charge in [0.1, 0.15) is 6.10 Å².